The minimum Gasteiger partial charge on any atom is -0.465 e. The molecule has 0 aromatic carbocycles. The molecule has 1 heterocycles. The lowest BCUT2D eigenvalue weighted by Crippen LogP contribution is -2.40. The summed E-state index contributed by atoms with van der Waals surface area (Å²) in [6, 6.07) is -0.392. The summed E-state index contributed by atoms with van der Waals surface area (Å²) in [7, 11) is 0. The van der Waals surface area contributed by atoms with E-state index in [9.17, 15) is 9.59 Å². The Morgan fingerprint density at radius 1 is 1.50 bits per heavy atom. The Morgan fingerprint density at radius 3 is 2.85 bits per heavy atom. The highest BCUT2D eigenvalue weighted by Crippen LogP contribution is 2.15. The van der Waals surface area contributed by atoms with Crippen LogP contribution in [0.5, 0.6) is 0 Å². The van der Waals surface area contributed by atoms with Crippen molar-refractivity contribution in [3.8, 4) is 0 Å². The Labute approximate surface area is 122 Å². The number of esters is 1. The van der Waals surface area contributed by atoms with Crippen LogP contribution in [0.3, 0.4) is 0 Å². The molecule has 8 heteroatoms. The molecule has 1 aromatic rings. The molecule has 0 radical (unpaired) electrons. The average molecular weight is 302 g/mol. The number of ether oxygens (including phenoxy) is 1. The van der Waals surface area contributed by atoms with Gasteiger partial charge in [-0.15, -0.1) is 5.10 Å². The summed E-state index contributed by atoms with van der Waals surface area (Å²) in [5, 5.41) is 10.1. The number of nitrogens with one attached hydrogen (secondary N) is 2. The molecule has 0 saturated heterocycles. The van der Waals surface area contributed by atoms with Crippen molar-refractivity contribution < 1.29 is 9.53 Å². The molecule has 2 N–H and O–H groups in total. The zero-order valence-corrected chi connectivity index (χ0v) is 13.0. The summed E-state index contributed by atoms with van der Waals surface area (Å²) in [4.78, 5) is 23.3. The molecule has 7 nitrogen and oxygen atoms in total. The van der Waals surface area contributed by atoms with E-state index in [2.05, 4.69) is 15.5 Å². The third kappa shape index (κ3) is 4.68. The van der Waals surface area contributed by atoms with Crippen molar-refractivity contribution in [1.29, 1.82) is 0 Å². The summed E-state index contributed by atoms with van der Waals surface area (Å²) in [5.74, 6) is 0.206. The molecule has 0 aliphatic heterocycles. The summed E-state index contributed by atoms with van der Waals surface area (Å²) < 4.78 is 6.57. The highest BCUT2D eigenvalue weighted by Gasteiger charge is 2.20. The van der Waals surface area contributed by atoms with Gasteiger partial charge in [0.05, 0.1) is 6.61 Å². The number of H-pyrrole nitrogens is 1. The van der Waals surface area contributed by atoms with Crippen molar-refractivity contribution in [2.45, 2.75) is 44.9 Å². The van der Waals surface area contributed by atoms with Crippen LogP contribution >= 0.6 is 11.8 Å². The predicted octanol–water partition coefficient (Wildman–Crippen LogP) is 0.615. The number of nitrogens with zero attached hydrogens (tertiary/aromatic N) is 2. The van der Waals surface area contributed by atoms with Crippen molar-refractivity contribution in [3.63, 3.8) is 0 Å². The maximum absolute atomic E-state index is 11.8. The highest BCUT2D eigenvalue weighted by molar-refractivity contribution is 7.99. The van der Waals surface area contributed by atoms with Gasteiger partial charge < -0.3 is 10.1 Å². The fourth-order valence-corrected chi connectivity index (χ4v) is 2.67. The van der Waals surface area contributed by atoms with Crippen molar-refractivity contribution >= 4 is 17.7 Å². The van der Waals surface area contributed by atoms with Crippen LogP contribution in [0.2, 0.25) is 0 Å². The molecular formula is C12H22N4O3S. The molecule has 114 valence electrons. The topological polar surface area (TPSA) is 89.0 Å². The Hall–Kier alpha value is -1.28. The Bertz CT molecular complexity index is 472. The number of hydrogen-bond acceptors (Lipinski definition) is 6. The average Bonchev–Trinajstić information content (AvgIpc) is 2.79. The minimum absolute atomic E-state index is 0.232. The van der Waals surface area contributed by atoms with E-state index in [0.717, 1.165) is 13.0 Å². The van der Waals surface area contributed by atoms with E-state index in [1.165, 1.54) is 16.3 Å². The van der Waals surface area contributed by atoms with Crippen molar-refractivity contribution in [3.05, 3.63) is 10.5 Å². The van der Waals surface area contributed by atoms with E-state index in [4.69, 9.17) is 4.74 Å². The lowest BCUT2D eigenvalue weighted by molar-refractivity contribution is -0.144. The lowest BCUT2D eigenvalue weighted by atomic mass is 10.3. The van der Waals surface area contributed by atoms with Crippen LogP contribution in [0, 0.1) is 0 Å². The first-order valence-electron chi connectivity index (χ1n) is 6.81. The van der Waals surface area contributed by atoms with Gasteiger partial charge >= 0.3 is 11.7 Å². The third-order valence-electron chi connectivity index (χ3n) is 2.63. The Morgan fingerprint density at radius 2 is 2.25 bits per heavy atom. The Kier molecular flexibility index (Phi) is 7.38. The number of thioether (sulfide) groups is 1. The van der Waals surface area contributed by atoms with Crippen LogP contribution in [0.4, 0.5) is 0 Å². The molecule has 0 aliphatic rings. The van der Waals surface area contributed by atoms with Gasteiger partial charge in [0.25, 0.3) is 0 Å². The van der Waals surface area contributed by atoms with Gasteiger partial charge in [-0.2, -0.15) is 0 Å². The van der Waals surface area contributed by atoms with Gasteiger partial charge in [0, 0.05) is 12.3 Å². The first kappa shape index (κ1) is 16.8. The number of rotatable bonds is 9. The van der Waals surface area contributed by atoms with Crippen LogP contribution in [0.25, 0.3) is 0 Å². The molecule has 0 fully saturated rings. The van der Waals surface area contributed by atoms with Gasteiger partial charge in [-0.05, 0) is 26.8 Å². The Balaban J connectivity index is 2.64. The van der Waals surface area contributed by atoms with E-state index in [0.29, 0.717) is 24.1 Å². The van der Waals surface area contributed by atoms with E-state index < -0.39 is 6.04 Å². The highest BCUT2D eigenvalue weighted by atomic mass is 32.2. The summed E-state index contributed by atoms with van der Waals surface area (Å²) in [6.45, 7) is 7.33. The van der Waals surface area contributed by atoms with Gasteiger partial charge in [0.15, 0.2) is 5.16 Å². The molecule has 1 aromatic heterocycles. The predicted molar refractivity (Wildman–Crippen MR) is 78.0 cm³/mol. The minimum atomic E-state index is -0.392. The van der Waals surface area contributed by atoms with E-state index in [1.807, 2.05) is 13.8 Å². The summed E-state index contributed by atoms with van der Waals surface area (Å²) in [6.07, 6.45) is 0.933. The second-order valence-electron chi connectivity index (χ2n) is 4.13. The first-order valence-corrected chi connectivity index (χ1v) is 7.80. The fraction of sp³-hybridized carbons (Fsp3) is 0.750. The molecule has 0 amide bonds. The molecule has 0 spiro atoms. The zero-order chi connectivity index (χ0) is 15.0. The SMILES string of the molecule is CCCNC(CSc1n[nH]c(=O)n1CC)C(=O)OCC. The molecule has 0 saturated carbocycles. The van der Waals surface area contributed by atoms with Gasteiger partial charge in [0.1, 0.15) is 6.04 Å². The number of hydrogen-bond donors (Lipinski definition) is 2. The van der Waals surface area contributed by atoms with Crippen LogP contribution in [-0.2, 0) is 16.1 Å². The lowest BCUT2D eigenvalue weighted by Gasteiger charge is -2.16. The van der Waals surface area contributed by atoms with Crippen LogP contribution in [0.1, 0.15) is 27.2 Å². The van der Waals surface area contributed by atoms with Crippen molar-refractivity contribution in [2.24, 2.45) is 0 Å². The van der Waals surface area contributed by atoms with E-state index >= 15 is 0 Å². The van der Waals surface area contributed by atoms with Gasteiger partial charge in [0.2, 0.25) is 0 Å². The van der Waals surface area contributed by atoms with Gasteiger partial charge in [-0.3, -0.25) is 9.36 Å². The maximum Gasteiger partial charge on any atom is 0.343 e. The van der Waals surface area contributed by atoms with Crippen LogP contribution in [0.15, 0.2) is 9.95 Å². The number of aromatic amines is 1. The smallest absolute Gasteiger partial charge is 0.343 e. The monoisotopic (exact) mass is 302 g/mol. The molecule has 1 rings (SSSR count). The molecule has 1 unspecified atom stereocenters. The van der Waals surface area contributed by atoms with Crippen LogP contribution in [-0.4, -0.2) is 45.7 Å². The fourth-order valence-electron chi connectivity index (χ4n) is 1.62. The molecule has 0 bridgehead atoms. The molecule has 20 heavy (non-hydrogen) atoms. The largest absolute Gasteiger partial charge is 0.465 e. The van der Waals surface area contributed by atoms with Gasteiger partial charge in [-0.1, -0.05) is 18.7 Å². The van der Waals surface area contributed by atoms with Crippen LogP contribution < -0.4 is 11.0 Å². The van der Waals surface area contributed by atoms with E-state index in [-0.39, 0.29) is 11.7 Å². The molecule has 1 atom stereocenters. The second-order valence-corrected chi connectivity index (χ2v) is 5.11. The standard InChI is InChI=1S/C12H22N4O3S/c1-4-7-13-9(10(17)19-6-3)8-20-12-15-14-11(18)16(12)5-2/h9,13H,4-8H2,1-3H3,(H,14,18). The quantitative estimate of drug-likeness (QED) is 0.513. The first-order chi connectivity index (χ1) is 9.63. The molecule has 0 aliphatic carbocycles. The van der Waals surface area contributed by atoms with Crippen molar-refractivity contribution in [2.75, 3.05) is 18.9 Å². The second kappa shape index (κ2) is 8.80. The zero-order valence-electron chi connectivity index (χ0n) is 12.1. The number of carbonyl (C=O) groups excluding carboxylic acids is 1. The van der Waals surface area contributed by atoms with Crippen molar-refractivity contribution in [1.82, 2.24) is 20.1 Å². The number of carbonyl (C=O) groups is 1. The van der Waals surface area contributed by atoms with E-state index in [1.54, 1.807) is 6.92 Å². The maximum atomic E-state index is 11.8. The molecular weight excluding hydrogens is 280 g/mol. The summed E-state index contributed by atoms with van der Waals surface area (Å²) in [5.41, 5.74) is -0.232. The third-order valence-corrected chi connectivity index (χ3v) is 3.70. The number of aromatic nitrogens is 3. The normalized spacial score (nSPS) is 12.3. The summed E-state index contributed by atoms with van der Waals surface area (Å²) >= 11 is 1.36. The van der Waals surface area contributed by atoms with Gasteiger partial charge in [-0.25, -0.2) is 9.89 Å².